The maximum absolute atomic E-state index is 6.07. The molecule has 1 aromatic carbocycles. The predicted octanol–water partition coefficient (Wildman–Crippen LogP) is 5.05. The molecule has 1 rings (SSSR count). The number of rotatable bonds is 17. The second kappa shape index (κ2) is 15.3. The molecule has 0 bridgehead atoms. The molecule has 0 aliphatic heterocycles. The van der Waals surface area contributed by atoms with Crippen molar-refractivity contribution in [1.82, 2.24) is 0 Å². The molecule has 0 atom stereocenters. The topological polar surface area (TPSA) is 64.6 Å². The Morgan fingerprint density at radius 1 is 0.719 bits per heavy atom. The molecular formula is C23H41BrO7Si. The van der Waals surface area contributed by atoms with E-state index in [1.807, 2.05) is 12.1 Å². The summed E-state index contributed by atoms with van der Waals surface area (Å²) >= 11 is 3.46. The summed E-state index contributed by atoms with van der Waals surface area (Å²) in [6, 6.07) is 3.84. The quantitative estimate of drug-likeness (QED) is 0.204. The zero-order valence-corrected chi connectivity index (χ0v) is 23.3. The van der Waals surface area contributed by atoms with E-state index in [9.17, 15) is 0 Å². The van der Waals surface area contributed by atoms with Crippen LogP contribution in [0.1, 0.15) is 26.3 Å². The lowest BCUT2D eigenvalue weighted by atomic mass is 10.2. The molecule has 0 heterocycles. The first-order valence-electron chi connectivity index (χ1n) is 11.0. The number of hydrogen-bond donors (Lipinski definition) is 0. The number of methoxy groups -OCH3 is 2. The van der Waals surface area contributed by atoms with Crippen LogP contribution in [0, 0.1) is 0 Å². The maximum Gasteiger partial charge on any atom is 0.192 e. The number of ether oxygens (including phenoxy) is 6. The smallest absolute Gasteiger partial charge is 0.192 e. The first kappa shape index (κ1) is 29.3. The fourth-order valence-electron chi connectivity index (χ4n) is 2.43. The lowest BCUT2D eigenvalue weighted by molar-refractivity contribution is -0.00702. The second-order valence-electron chi connectivity index (χ2n) is 8.81. The van der Waals surface area contributed by atoms with E-state index >= 15 is 0 Å². The van der Waals surface area contributed by atoms with Crippen molar-refractivity contribution >= 4 is 24.2 Å². The molecule has 0 saturated heterocycles. The molecule has 0 N–H and O–H groups in total. The largest absolute Gasteiger partial charge is 0.495 e. The Kier molecular flexibility index (Phi) is 14.0. The average Bonchev–Trinajstić information content (AvgIpc) is 2.73. The molecule has 0 amide bonds. The lowest BCUT2D eigenvalue weighted by Crippen LogP contribution is -2.41. The summed E-state index contributed by atoms with van der Waals surface area (Å²) in [6.45, 7) is 16.1. The van der Waals surface area contributed by atoms with Crippen molar-refractivity contribution < 1.29 is 32.8 Å². The normalized spacial score (nSPS) is 12.2. The first-order valence-corrected chi connectivity index (χ1v) is 14.7. The summed E-state index contributed by atoms with van der Waals surface area (Å²) in [7, 11) is 1.56. The highest BCUT2D eigenvalue weighted by Crippen LogP contribution is 2.36. The molecule has 0 aliphatic carbocycles. The van der Waals surface area contributed by atoms with Crippen molar-refractivity contribution in [1.29, 1.82) is 0 Å². The second-order valence-corrected chi connectivity index (χ2v) is 14.4. The Balaban J connectivity index is 1.99. The predicted molar refractivity (Wildman–Crippen MR) is 133 cm³/mol. The van der Waals surface area contributed by atoms with E-state index in [4.69, 9.17) is 32.8 Å². The van der Waals surface area contributed by atoms with Gasteiger partial charge in [-0.1, -0.05) is 20.8 Å². The summed E-state index contributed by atoms with van der Waals surface area (Å²) in [5.74, 6) is 1.42. The van der Waals surface area contributed by atoms with Crippen molar-refractivity contribution in [2.75, 3.05) is 67.1 Å². The van der Waals surface area contributed by atoms with Gasteiger partial charge in [-0.2, -0.15) is 0 Å². The van der Waals surface area contributed by atoms with Crippen LogP contribution >= 0.6 is 15.9 Å². The Hall–Kier alpha value is -0.683. The highest BCUT2D eigenvalue weighted by molar-refractivity contribution is 9.10. The zero-order chi connectivity index (χ0) is 24.0. The van der Waals surface area contributed by atoms with Crippen molar-refractivity contribution in [3.63, 3.8) is 0 Å². The van der Waals surface area contributed by atoms with Gasteiger partial charge in [-0.3, -0.25) is 0 Å². The lowest BCUT2D eigenvalue weighted by Gasteiger charge is -2.36. The van der Waals surface area contributed by atoms with Crippen LogP contribution < -0.4 is 9.47 Å². The van der Waals surface area contributed by atoms with Crippen LogP contribution in [-0.2, 0) is 30.0 Å². The van der Waals surface area contributed by atoms with Gasteiger partial charge in [0.2, 0.25) is 0 Å². The van der Waals surface area contributed by atoms with Gasteiger partial charge in [0.15, 0.2) is 8.32 Å². The van der Waals surface area contributed by atoms with E-state index in [1.165, 1.54) is 0 Å². The Bertz CT molecular complexity index is 625. The van der Waals surface area contributed by atoms with Crippen LogP contribution in [0.4, 0.5) is 0 Å². The number of halogens is 1. The highest BCUT2D eigenvalue weighted by atomic mass is 79.9. The molecule has 0 saturated carbocycles. The van der Waals surface area contributed by atoms with Gasteiger partial charge in [-0.15, -0.1) is 0 Å². The summed E-state index contributed by atoms with van der Waals surface area (Å²) < 4.78 is 39.8. The van der Waals surface area contributed by atoms with Gasteiger partial charge >= 0.3 is 0 Å². The summed E-state index contributed by atoms with van der Waals surface area (Å²) in [5, 5.41) is 0.223. The van der Waals surface area contributed by atoms with Crippen LogP contribution in [0.25, 0.3) is 0 Å². The minimum atomic E-state index is -1.69. The Morgan fingerprint density at radius 3 is 1.53 bits per heavy atom. The number of hydrogen-bond acceptors (Lipinski definition) is 7. The van der Waals surface area contributed by atoms with Gasteiger partial charge in [0.25, 0.3) is 0 Å². The molecule has 1 aromatic rings. The van der Waals surface area contributed by atoms with Gasteiger partial charge < -0.3 is 32.8 Å². The summed E-state index contributed by atoms with van der Waals surface area (Å²) in [6.07, 6.45) is 0. The van der Waals surface area contributed by atoms with Crippen molar-refractivity contribution in [3.8, 4) is 11.5 Å². The first-order chi connectivity index (χ1) is 15.1. The minimum Gasteiger partial charge on any atom is -0.495 e. The molecule has 186 valence electrons. The van der Waals surface area contributed by atoms with Crippen molar-refractivity contribution in [3.05, 3.63) is 22.2 Å². The summed E-state index contributed by atoms with van der Waals surface area (Å²) in [5.41, 5.74) is 0.972. The number of benzene rings is 1. The standard InChI is InChI=1S/C23H41BrO7Si/c1-23(2,3)32(6,7)31-15-14-29-11-10-27-8-9-28-12-13-30-18-19-16-20(25-4)22(24)21(17-19)26-5/h16-17H,8-15,18H2,1-7H3. The molecular weight excluding hydrogens is 496 g/mol. The third-order valence-corrected chi connectivity index (χ3v) is 10.7. The molecule has 32 heavy (non-hydrogen) atoms. The van der Waals surface area contributed by atoms with E-state index in [1.54, 1.807) is 14.2 Å². The van der Waals surface area contributed by atoms with Gasteiger partial charge in [0.05, 0.1) is 73.7 Å². The highest BCUT2D eigenvalue weighted by Gasteiger charge is 2.36. The molecule has 7 nitrogen and oxygen atoms in total. The fourth-order valence-corrected chi connectivity index (χ4v) is 4.01. The third kappa shape index (κ3) is 11.0. The fraction of sp³-hybridized carbons (Fsp3) is 0.739. The molecule has 0 aromatic heterocycles. The monoisotopic (exact) mass is 536 g/mol. The van der Waals surface area contributed by atoms with Gasteiger partial charge in [0, 0.05) is 0 Å². The van der Waals surface area contributed by atoms with Crippen LogP contribution in [0.5, 0.6) is 11.5 Å². The van der Waals surface area contributed by atoms with E-state index in [0.29, 0.717) is 71.0 Å². The van der Waals surface area contributed by atoms with Crippen LogP contribution in [0.2, 0.25) is 18.1 Å². The van der Waals surface area contributed by atoms with Crippen molar-refractivity contribution in [2.45, 2.75) is 45.5 Å². The van der Waals surface area contributed by atoms with Crippen LogP contribution in [0.15, 0.2) is 16.6 Å². The molecule has 0 fully saturated rings. The maximum atomic E-state index is 6.07. The van der Waals surface area contributed by atoms with Gasteiger partial charge in [-0.25, -0.2) is 0 Å². The molecule has 9 heteroatoms. The van der Waals surface area contributed by atoms with E-state index in [2.05, 4.69) is 49.8 Å². The molecule has 0 aliphatic rings. The minimum absolute atomic E-state index is 0.223. The third-order valence-electron chi connectivity index (χ3n) is 5.39. The van der Waals surface area contributed by atoms with Gasteiger partial charge in [0.1, 0.15) is 16.0 Å². The van der Waals surface area contributed by atoms with E-state index in [-0.39, 0.29) is 5.04 Å². The van der Waals surface area contributed by atoms with E-state index < -0.39 is 8.32 Å². The Labute approximate surface area is 203 Å². The molecule has 0 radical (unpaired) electrons. The molecule has 0 unspecified atom stereocenters. The zero-order valence-electron chi connectivity index (χ0n) is 20.8. The Morgan fingerprint density at radius 2 is 1.12 bits per heavy atom. The van der Waals surface area contributed by atoms with Crippen molar-refractivity contribution in [2.24, 2.45) is 0 Å². The van der Waals surface area contributed by atoms with Crippen LogP contribution in [-0.4, -0.2) is 75.4 Å². The summed E-state index contributed by atoms with van der Waals surface area (Å²) in [4.78, 5) is 0. The SMILES string of the molecule is COc1cc(COCCOCCOCCOCCO[Si](C)(C)C(C)(C)C)cc(OC)c1Br. The average molecular weight is 538 g/mol. The van der Waals surface area contributed by atoms with Gasteiger partial charge in [-0.05, 0) is 51.8 Å². The van der Waals surface area contributed by atoms with Crippen LogP contribution in [0.3, 0.4) is 0 Å². The van der Waals surface area contributed by atoms with E-state index in [0.717, 1.165) is 10.0 Å². The molecule has 0 spiro atoms.